The number of nitrogens with one attached hydrogen (secondary N) is 1. The molecule has 1 atom stereocenters. The van der Waals surface area contributed by atoms with Crippen LogP contribution >= 0.6 is 0 Å². The van der Waals surface area contributed by atoms with Gasteiger partial charge in [0.1, 0.15) is 11.7 Å². The molecule has 0 radical (unpaired) electrons. The van der Waals surface area contributed by atoms with Gasteiger partial charge >= 0.3 is 6.18 Å². The highest BCUT2D eigenvalue weighted by atomic mass is 19.4. The van der Waals surface area contributed by atoms with Gasteiger partial charge in [-0.05, 0) is 44.0 Å². The van der Waals surface area contributed by atoms with Crippen molar-refractivity contribution in [1.29, 1.82) is 0 Å². The van der Waals surface area contributed by atoms with Gasteiger partial charge in [-0.2, -0.15) is 18.2 Å². The molecule has 1 amide bonds. The highest BCUT2D eigenvalue weighted by Gasteiger charge is 2.33. The van der Waals surface area contributed by atoms with Crippen LogP contribution in [-0.2, 0) is 6.18 Å². The van der Waals surface area contributed by atoms with E-state index in [1.807, 2.05) is 6.07 Å². The molecule has 0 bridgehead atoms. The molecular formula is C19H16F3N5O2. The molecular weight excluding hydrogens is 387 g/mol. The van der Waals surface area contributed by atoms with E-state index >= 15 is 0 Å². The molecule has 7 nitrogen and oxygen atoms in total. The summed E-state index contributed by atoms with van der Waals surface area (Å²) < 4.78 is 43.5. The first-order valence-electron chi connectivity index (χ1n) is 8.95. The van der Waals surface area contributed by atoms with Crippen molar-refractivity contribution in [2.75, 3.05) is 0 Å². The van der Waals surface area contributed by atoms with E-state index in [2.05, 4.69) is 25.4 Å². The molecule has 150 valence electrons. The number of carbonyl (C=O) groups excluding carboxylic acids is 1. The van der Waals surface area contributed by atoms with E-state index in [9.17, 15) is 18.0 Å². The molecule has 1 aliphatic carbocycles. The zero-order valence-corrected chi connectivity index (χ0v) is 15.3. The maximum absolute atomic E-state index is 12.8. The third-order valence-corrected chi connectivity index (χ3v) is 4.51. The first-order valence-corrected chi connectivity index (χ1v) is 8.95. The summed E-state index contributed by atoms with van der Waals surface area (Å²) in [5, 5.41) is 6.48. The van der Waals surface area contributed by atoms with E-state index in [0.717, 1.165) is 30.3 Å². The van der Waals surface area contributed by atoms with Crippen LogP contribution in [0.15, 0.2) is 41.2 Å². The van der Waals surface area contributed by atoms with Crippen LogP contribution in [0.2, 0.25) is 0 Å². The number of pyridine rings is 2. The van der Waals surface area contributed by atoms with Gasteiger partial charge in [-0.3, -0.25) is 14.8 Å². The number of aromatic nitrogens is 4. The Hall–Kier alpha value is -3.30. The minimum absolute atomic E-state index is 0.142. The quantitative estimate of drug-likeness (QED) is 0.694. The second kappa shape index (κ2) is 7.26. The SMILES string of the molecule is C[C@H](NC(=O)c1ccnc(C(F)(F)F)c1)c1nc(-c2ccnc(C3CC3)c2)no1. The van der Waals surface area contributed by atoms with Crippen LogP contribution in [-0.4, -0.2) is 26.0 Å². The fraction of sp³-hybridized carbons (Fsp3) is 0.316. The molecule has 29 heavy (non-hydrogen) atoms. The van der Waals surface area contributed by atoms with Gasteiger partial charge in [-0.25, -0.2) is 0 Å². The van der Waals surface area contributed by atoms with Gasteiger partial charge in [0.15, 0.2) is 0 Å². The van der Waals surface area contributed by atoms with E-state index in [4.69, 9.17) is 4.52 Å². The Morgan fingerprint density at radius 1 is 1.21 bits per heavy atom. The van der Waals surface area contributed by atoms with E-state index < -0.39 is 23.8 Å². The monoisotopic (exact) mass is 403 g/mol. The molecule has 4 rings (SSSR count). The van der Waals surface area contributed by atoms with Gasteiger partial charge in [-0.1, -0.05) is 5.16 Å². The maximum atomic E-state index is 12.8. The summed E-state index contributed by atoms with van der Waals surface area (Å²) >= 11 is 0. The van der Waals surface area contributed by atoms with Crippen LogP contribution in [0.3, 0.4) is 0 Å². The number of hydrogen-bond acceptors (Lipinski definition) is 6. The highest BCUT2D eigenvalue weighted by Crippen LogP contribution is 2.39. The van der Waals surface area contributed by atoms with Gasteiger partial charge < -0.3 is 9.84 Å². The summed E-state index contributed by atoms with van der Waals surface area (Å²) in [5.74, 6) is 0.267. The van der Waals surface area contributed by atoms with Crippen LogP contribution in [0, 0.1) is 0 Å². The normalized spacial score (nSPS) is 15.2. The lowest BCUT2D eigenvalue weighted by molar-refractivity contribution is -0.141. The third kappa shape index (κ3) is 4.25. The second-order valence-electron chi connectivity index (χ2n) is 6.82. The minimum Gasteiger partial charge on any atom is -0.341 e. The van der Waals surface area contributed by atoms with Gasteiger partial charge in [0.05, 0.1) is 0 Å². The molecule has 0 aromatic carbocycles. The topological polar surface area (TPSA) is 93.8 Å². The summed E-state index contributed by atoms with van der Waals surface area (Å²) in [4.78, 5) is 24.2. The van der Waals surface area contributed by atoms with Crippen molar-refractivity contribution in [3.8, 4) is 11.4 Å². The Kier molecular flexibility index (Phi) is 4.77. The van der Waals surface area contributed by atoms with Crippen molar-refractivity contribution >= 4 is 5.91 Å². The van der Waals surface area contributed by atoms with Crippen molar-refractivity contribution in [3.05, 3.63) is 59.5 Å². The molecule has 0 saturated heterocycles. The highest BCUT2D eigenvalue weighted by molar-refractivity contribution is 5.94. The Bertz CT molecular complexity index is 1050. The molecule has 3 aromatic rings. The summed E-state index contributed by atoms with van der Waals surface area (Å²) in [6, 6.07) is 4.87. The number of carbonyl (C=O) groups is 1. The molecule has 3 aromatic heterocycles. The van der Waals surface area contributed by atoms with E-state index in [0.29, 0.717) is 17.8 Å². The van der Waals surface area contributed by atoms with Crippen molar-refractivity contribution in [1.82, 2.24) is 25.4 Å². The molecule has 1 fully saturated rings. The van der Waals surface area contributed by atoms with E-state index in [1.165, 1.54) is 6.07 Å². The molecule has 1 saturated carbocycles. The number of alkyl halides is 3. The lowest BCUT2D eigenvalue weighted by Crippen LogP contribution is -2.27. The van der Waals surface area contributed by atoms with Crippen LogP contribution in [0.1, 0.15) is 59.4 Å². The predicted octanol–water partition coefficient (Wildman–Crippen LogP) is 3.91. The van der Waals surface area contributed by atoms with Crippen LogP contribution < -0.4 is 5.32 Å². The van der Waals surface area contributed by atoms with Crippen molar-refractivity contribution in [2.24, 2.45) is 0 Å². The number of halogens is 3. The molecule has 1 N–H and O–H groups in total. The largest absolute Gasteiger partial charge is 0.433 e. The number of nitrogens with zero attached hydrogens (tertiary/aromatic N) is 4. The average molecular weight is 403 g/mol. The summed E-state index contributed by atoms with van der Waals surface area (Å²) in [6.07, 6.45) is 0.220. The minimum atomic E-state index is -4.63. The zero-order valence-electron chi connectivity index (χ0n) is 15.3. The summed E-state index contributed by atoms with van der Waals surface area (Å²) in [5.41, 5.74) is 0.428. The smallest absolute Gasteiger partial charge is 0.341 e. The molecule has 0 unspecified atom stereocenters. The lowest BCUT2D eigenvalue weighted by atomic mass is 10.1. The number of hydrogen-bond donors (Lipinski definition) is 1. The first-order chi connectivity index (χ1) is 13.8. The van der Waals surface area contributed by atoms with Crippen LogP contribution in [0.25, 0.3) is 11.4 Å². The fourth-order valence-electron chi connectivity index (χ4n) is 2.79. The Morgan fingerprint density at radius 2 is 1.97 bits per heavy atom. The Balaban J connectivity index is 1.47. The Labute approximate surface area is 163 Å². The van der Waals surface area contributed by atoms with Gasteiger partial charge in [0, 0.05) is 35.1 Å². The summed E-state index contributed by atoms with van der Waals surface area (Å²) in [6.45, 7) is 1.60. The van der Waals surface area contributed by atoms with E-state index in [1.54, 1.807) is 19.2 Å². The van der Waals surface area contributed by atoms with Gasteiger partial charge in [0.25, 0.3) is 5.91 Å². The molecule has 0 aliphatic heterocycles. The second-order valence-corrected chi connectivity index (χ2v) is 6.82. The zero-order chi connectivity index (χ0) is 20.6. The van der Waals surface area contributed by atoms with Crippen LogP contribution in [0.5, 0.6) is 0 Å². The Morgan fingerprint density at radius 3 is 2.69 bits per heavy atom. The number of rotatable bonds is 5. The molecule has 1 aliphatic rings. The molecule has 10 heteroatoms. The first kappa shape index (κ1) is 19.0. The fourth-order valence-corrected chi connectivity index (χ4v) is 2.79. The van der Waals surface area contributed by atoms with Crippen molar-refractivity contribution < 1.29 is 22.5 Å². The van der Waals surface area contributed by atoms with Crippen molar-refractivity contribution in [2.45, 2.75) is 37.9 Å². The molecule has 0 spiro atoms. The van der Waals surface area contributed by atoms with E-state index in [-0.39, 0.29) is 11.5 Å². The maximum Gasteiger partial charge on any atom is 0.433 e. The van der Waals surface area contributed by atoms with Crippen molar-refractivity contribution in [3.63, 3.8) is 0 Å². The van der Waals surface area contributed by atoms with Crippen LogP contribution in [0.4, 0.5) is 13.2 Å². The third-order valence-electron chi connectivity index (χ3n) is 4.51. The standard InChI is InChI=1S/C19H16F3N5O2/c1-10(25-17(28)13-5-7-24-15(9-13)19(20,21)22)18-26-16(27-29-18)12-4-6-23-14(8-12)11-2-3-11/h4-11H,2-3H2,1H3,(H,25,28)/t10-/m0/s1. The van der Waals surface area contributed by atoms with Gasteiger partial charge in [-0.15, -0.1) is 0 Å². The number of amides is 1. The molecule has 3 heterocycles. The average Bonchev–Trinajstić information content (AvgIpc) is 3.43. The van der Waals surface area contributed by atoms with Gasteiger partial charge in [0.2, 0.25) is 11.7 Å². The predicted molar refractivity (Wildman–Crippen MR) is 94.6 cm³/mol. The lowest BCUT2D eigenvalue weighted by Gasteiger charge is -2.11. The summed E-state index contributed by atoms with van der Waals surface area (Å²) in [7, 11) is 0.